The number of guanidine groups is 1. The summed E-state index contributed by atoms with van der Waals surface area (Å²) in [4.78, 5) is 10.6. The highest BCUT2D eigenvalue weighted by molar-refractivity contribution is 5.74. The van der Waals surface area contributed by atoms with Crippen LogP contribution in [0.2, 0.25) is 0 Å². The van der Waals surface area contributed by atoms with E-state index >= 15 is 0 Å². The Balaban J connectivity index is 2.65. The maximum atomic E-state index is 10.6. The normalized spacial score (nSPS) is 11.8. The topological polar surface area (TPSA) is 125 Å². The summed E-state index contributed by atoms with van der Waals surface area (Å²) in [6.45, 7) is 0.436. The van der Waals surface area contributed by atoms with Gasteiger partial charge in [-0.2, -0.15) is 0 Å². The van der Waals surface area contributed by atoms with Gasteiger partial charge in [-0.1, -0.05) is 24.3 Å². The monoisotopic (exact) mass is 236 g/mol. The van der Waals surface area contributed by atoms with E-state index in [-0.39, 0.29) is 12.4 Å². The maximum Gasteiger partial charge on any atom is 0.320 e. The molecule has 0 saturated heterocycles. The molecule has 0 aliphatic rings. The van der Waals surface area contributed by atoms with Crippen molar-refractivity contribution in [1.29, 1.82) is 5.41 Å². The average molecular weight is 236 g/mol. The lowest BCUT2D eigenvalue weighted by atomic mass is 10.0. The number of carboxylic acid groups (broad SMARTS) is 1. The van der Waals surface area contributed by atoms with Gasteiger partial charge in [0.2, 0.25) is 0 Å². The van der Waals surface area contributed by atoms with Crippen molar-refractivity contribution in [3.63, 3.8) is 0 Å². The van der Waals surface area contributed by atoms with Crippen molar-refractivity contribution in [2.75, 3.05) is 0 Å². The van der Waals surface area contributed by atoms with Crippen LogP contribution in [0.5, 0.6) is 0 Å². The van der Waals surface area contributed by atoms with Crippen LogP contribution in [0.1, 0.15) is 11.1 Å². The minimum atomic E-state index is -1.02. The van der Waals surface area contributed by atoms with E-state index in [4.69, 9.17) is 22.0 Å². The molecule has 0 heterocycles. The molecule has 0 amide bonds. The van der Waals surface area contributed by atoms with E-state index in [2.05, 4.69) is 5.32 Å². The van der Waals surface area contributed by atoms with Crippen molar-refractivity contribution in [2.24, 2.45) is 11.5 Å². The lowest BCUT2D eigenvalue weighted by molar-refractivity contribution is -0.138. The second kappa shape index (κ2) is 5.86. The Morgan fingerprint density at radius 3 is 2.71 bits per heavy atom. The zero-order valence-corrected chi connectivity index (χ0v) is 9.31. The fourth-order valence-corrected chi connectivity index (χ4v) is 1.41. The molecule has 0 aliphatic heterocycles. The highest BCUT2D eigenvalue weighted by Gasteiger charge is 2.11. The van der Waals surface area contributed by atoms with E-state index in [1.54, 1.807) is 0 Å². The summed E-state index contributed by atoms with van der Waals surface area (Å²) in [6.07, 6.45) is 0.281. The molecule has 0 spiro atoms. The van der Waals surface area contributed by atoms with E-state index in [1.165, 1.54) is 0 Å². The van der Waals surface area contributed by atoms with Gasteiger partial charge in [-0.3, -0.25) is 10.2 Å². The van der Waals surface area contributed by atoms with Gasteiger partial charge in [0.05, 0.1) is 0 Å². The molecule has 92 valence electrons. The molecule has 0 fully saturated rings. The van der Waals surface area contributed by atoms with E-state index in [0.29, 0.717) is 6.54 Å². The number of carboxylic acids is 1. The number of hydrogen-bond donors (Lipinski definition) is 5. The Morgan fingerprint density at radius 1 is 1.47 bits per heavy atom. The molecule has 1 aromatic carbocycles. The minimum Gasteiger partial charge on any atom is -0.480 e. The minimum absolute atomic E-state index is 0.0994. The van der Waals surface area contributed by atoms with Gasteiger partial charge in [0.1, 0.15) is 6.04 Å². The number of benzene rings is 1. The first kappa shape index (κ1) is 13.0. The number of rotatable bonds is 5. The number of aliphatic carboxylic acids is 1. The van der Waals surface area contributed by atoms with Gasteiger partial charge in [-0.05, 0) is 17.5 Å². The van der Waals surface area contributed by atoms with Crippen LogP contribution in [0.4, 0.5) is 0 Å². The second-order valence-corrected chi connectivity index (χ2v) is 3.74. The molecule has 0 unspecified atom stereocenters. The first-order valence-corrected chi connectivity index (χ1v) is 5.13. The molecule has 7 N–H and O–H groups in total. The van der Waals surface area contributed by atoms with Crippen molar-refractivity contribution < 1.29 is 9.90 Å². The zero-order valence-electron chi connectivity index (χ0n) is 9.31. The second-order valence-electron chi connectivity index (χ2n) is 3.74. The first-order chi connectivity index (χ1) is 7.99. The summed E-state index contributed by atoms with van der Waals surface area (Å²) in [5.74, 6) is -1.12. The fourth-order valence-electron chi connectivity index (χ4n) is 1.41. The Bertz CT molecular complexity index is 420. The average Bonchev–Trinajstić information content (AvgIpc) is 2.26. The van der Waals surface area contributed by atoms with Crippen molar-refractivity contribution in [3.05, 3.63) is 35.4 Å². The molecule has 17 heavy (non-hydrogen) atoms. The standard InChI is InChI=1S/C11H16N4O2/c12-9(10(16)17)5-7-2-1-3-8(4-7)6-15-11(13)14/h1-4,9H,5-6,12H2,(H,16,17)(H4,13,14,15)/t9-/m1/s1. The zero-order chi connectivity index (χ0) is 12.8. The summed E-state index contributed by atoms with van der Waals surface area (Å²) >= 11 is 0. The highest BCUT2D eigenvalue weighted by atomic mass is 16.4. The van der Waals surface area contributed by atoms with Crippen molar-refractivity contribution >= 4 is 11.9 Å². The lowest BCUT2D eigenvalue weighted by Gasteiger charge is -2.09. The predicted octanol–water partition coefficient (Wildman–Crippen LogP) is -0.376. The van der Waals surface area contributed by atoms with E-state index in [9.17, 15) is 4.79 Å². The molecule has 0 radical (unpaired) electrons. The summed E-state index contributed by atoms with van der Waals surface area (Å²) in [7, 11) is 0. The first-order valence-electron chi connectivity index (χ1n) is 5.13. The van der Waals surface area contributed by atoms with Crippen LogP contribution in [-0.4, -0.2) is 23.1 Å². The van der Waals surface area contributed by atoms with Gasteiger partial charge < -0.3 is 21.9 Å². The van der Waals surface area contributed by atoms with E-state index < -0.39 is 12.0 Å². The van der Waals surface area contributed by atoms with Crippen LogP contribution >= 0.6 is 0 Å². The molecule has 1 aromatic rings. The molecule has 1 atom stereocenters. The SMILES string of the molecule is N=C(N)NCc1cccc(C[C@@H](N)C(=O)O)c1. The van der Waals surface area contributed by atoms with Gasteiger partial charge in [-0.25, -0.2) is 0 Å². The Labute approximate surface area is 99.1 Å². The lowest BCUT2D eigenvalue weighted by Crippen LogP contribution is -2.32. The number of carbonyl (C=O) groups is 1. The van der Waals surface area contributed by atoms with Crippen molar-refractivity contribution in [1.82, 2.24) is 5.32 Å². The smallest absolute Gasteiger partial charge is 0.320 e. The fraction of sp³-hybridized carbons (Fsp3) is 0.273. The Morgan fingerprint density at radius 2 is 2.12 bits per heavy atom. The molecule has 0 saturated carbocycles. The third-order valence-electron chi connectivity index (χ3n) is 2.25. The number of hydrogen-bond acceptors (Lipinski definition) is 3. The van der Waals surface area contributed by atoms with Crippen LogP contribution in [0.3, 0.4) is 0 Å². The van der Waals surface area contributed by atoms with Gasteiger partial charge in [0, 0.05) is 6.54 Å². The molecule has 0 aromatic heterocycles. The molecule has 6 nitrogen and oxygen atoms in total. The summed E-state index contributed by atoms with van der Waals surface area (Å²) < 4.78 is 0. The summed E-state index contributed by atoms with van der Waals surface area (Å²) in [6, 6.07) is 6.46. The molecule has 1 rings (SSSR count). The predicted molar refractivity (Wildman–Crippen MR) is 64.5 cm³/mol. The van der Waals surface area contributed by atoms with Crippen molar-refractivity contribution in [3.8, 4) is 0 Å². The molecular weight excluding hydrogens is 220 g/mol. The van der Waals surface area contributed by atoms with Crippen LogP contribution in [0.25, 0.3) is 0 Å². The van der Waals surface area contributed by atoms with Crippen LogP contribution in [0.15, 0.2) is 24.3 Å². The number of nitrogens with one attached hydrogen (secondary N) is 2. The third kappa shape index (κ3) is 4.52. The largest absolute Gasteiger partial charge is 0.480 e. The summed E-state index contributed by atoms with van der Waals surface area (Å²) in [5, 5.41) is 18.4. The maximum absolute atomic E-state index is 10.6. The van der Waals surface area contributed by atoms with Crippen molar-refractivity contribution in [2.45, 2.75) is 19.0 Å². The van der Waals surface area contributed by atoms with Crippen LogP contribution in [0, 0.1) is 5.41 Å². The molecular formula is C11H16N4O2. The van der Waals surface area contributed by atoms with E-state index in [1.807, 2.05) is 24.3 Å². The van der Waals surface area contributed by atoms with Crippen LogP contribution in [-0.2, 0) is 17.8 Å². The van der Waals surface area contributed by atoms with Gasteiger partial charge in [0.15, 0.2) is 5.96 Å². The molecule has 6 heteroatoms. The third-order valence-corrected chi connectivity index (χ3v) is 2.25. The molecule has 0 aliphatic carbocycles. The highest BCUT2D eigenvalue weighted by Crippen LogP contribution is 2.07. The van der Waals surface area contributed by atoms with E-state index in [0.717, 1.165) is 11.1 Å². The number of nitrogens with two attached hydrogens (primary N) is 2. The quantitative estimate of drug-likeness (QED) is 0.352. The summed E-state index contributed by atoms with van der Waals surface area (Å²) in [5.41, 5.74) is 12.4. The van der Waals surface area contributed by atoms with Gasteiger partial charge in [0.25, 0.3) is 0 Å². The Hall–Kier alpha value is -2.08. The Kier molecular flexibility index (Phi) is 4.47. The van der Waals surface area contributed by atoms with Crippen LogP contribution < -0.4 is 16.8 Å². The van der Waals surface area contributed by atoms with Gasteiger partial charge in [-0.15, -0.1) is 0 Å². The van der Waals surface area contributed by atoms with Gasteiger partial charge >= 0.3 is 5.97 Å². The molecule has 0 bridgehead atoms.